The minimum Gasteiger partial charge on any atom is -0.305 e. The van der Waals surface area contributed by atoms with Crippen molar-refractivity contribution in [1.82, 2.24) is 10.3 Å². The summed E-state index contributed by atoms with van der Waals surface area (Å²) in [5.74, 6) is 0.273. The Morgan fingerprint density at radius 1 is 1.56 bits per heavy atom. The fourth-order valence-electron chi connectivity index (χ4n) is 2.20. The Labute approximate surface area is 113 Å². The minimum atomic E-state index is -0.326. The van der Waals surface area contributed by atoms with Gasteiger partial charge in [-0.15, -0.1) is 11.3 Å². The van der Waals surface area contributed by atoms with E-state index < -0.39 is 0 Å². The summed E-state index contributed by atoms with van der Waals surface area (Å²) in [5.41, 5.74) is 0.820. The molecule has 0 radical (unpaired) electrons. The zero-order chi connectivity index (χ0) is 13.4. The third-order valence-electron chi connectivity index (χ3n) is 3.62. The SMILES string of the molecule is CC1(C(=O)Cc2nc(C(C)(C)C)cs2)CCCN1. The van der Waals surface area contributed by atoms with E-state index >= 15 is 0 Å². The van der Waals surface area contributed by atoms with Crippen molar-refractivity contribution in [2.24, 2.45) is 0 Å². The van der Waals surface area contributed by atoms with E-state index in [1.54, 1.807) is 11.3 Å². The maximum Gasteiger partial charge on any atom is 0.159 e. The third kappa shape index (κ3) is 2.81. The number of hydrogen-bond acceptors (Lipinski definition) is 4. The fourth-order valence-corrected chi connectivity index (χ4v) is 3.22. The fraction of sp³-hybridized carbons (Fsp3) is 0.714. The molecule has 1 aliphatic heterocycles. The van der Waals surface area contributed by atoms with E-state index in [9.17, 15) is 4.79 Å². The highest BCUT2D eigenvalue weighted by atomic mass is 32.1. The van der Waals surface area contributed by atoms with Gasteiger partial charge in [0.15, 0.2) is 5.78 Å². The van der Waals surface area contributed by atoms with Crippen LogP contribution >= 0.6 is 11.3 Å². The van der Waals surface area contributed by atoms with Crippen LogP contribution in [0.5, 0.6) is 0 Å². The van der Waals surface area contributed by atoms with Crippen LogP contribution in [-0.4, -0.2) is 22.9 Å². The van der Waals surface area contributed by atoms with Gasteiger partial charge in [-0.25, -0.2) is 4.98 Å². The van der Waals surface area contributed by atoms with Gasteiger partial charge in [0.2, 0.25) is 0 Å². The van der Waals surface area contributed by atoms with Crippen LogP contribution in [-0.2, 0) is 16.6 Å². The van der Waals surface area contributed by atoms with Crippen LogP contribution in [0, 0.1) is 0 Å². The van der Waals surface area contributed by atoms with E-state index in [1.165, 1.54) is 0 Å². The minimum absolute atomic E-state index is 0.0628. The van der Waals surface area contributed by atoms with Crippen molar-refractivity contribution in [3.05, 3.63) is 16.1 Å². The highest BCUT2D eigenvalue weighted by molar-refractivity contribution is 7.09. The summed E-state index contributed by atoms with van der Waals surface area (Å²) in [6, 6.07) is 0. The smallest absolute Gasteiger partial charge is 0.159 e. The molecular formula is C14H22N2OS. The molecule has 1 N–H and O–H groups in total. The Morgan fingerprint density at radius 3 is 2.78 bits per heavy atom. The van der Waals surface area contributed by atoms with Crippen molar-refractivity contribution in [1.29, 1.82) is 0 Å². The number of carbonyl (C=O) groups is 1. The van der Waals surface area contributed by atoms with Gasteiger partial charge in [0.1, 0.15) is 5.01 Å². The molecule has 1 saturated heterocycles. The van der Waals surface area contributed by atoms with Gasteiger partial charge in [-0.05, 0) is 26.3 Å². The molecular weight excluding hydrogens is 244 g/mol. The lowest BCUT2D eigenvalue weighted by molar-refractivity contribution is -0.123. The number of ketones is 1. The van der Waals surface area contributed by atoms with Gasteiger partial charge in [-0.3, -0.25) is 4.79 Å². The standard InChI is InChI=1S/C14H22N2OS/c1-13(2,3)10-9-18-12(16-10)8-11(17)14(4)6-5-7-15-14/h9,15H,5-8H2,1-4H3. The number of aromatic nitrogens is 1. The average molecular weight is 266 g/mol. The molecule has 1 aromatic heterocycles. The molecule has 2 rings (SSSR count). The monoisotopic (exact) mass is 266 g/mol. The zero-order valence-electron chi connectivity index (χ0n) is 11.7. The average Bonchev–Trinajstić information content (AvgIpc) is 2.86. The number of carbonyl (C=O) groups excluding carboxylic acids is 1. The number of thiazole rings is 1. The van der Waals surface area contributed by atoms with Crippen LogP contribution in [0.1, 0.15) is 51.2 Å². The van der Waals surface area contributed by atoms with E-state index in [4.69, 9.17) is 0 Å². The van der Waals surface area contributed by atoms with E-state index in [2.05, 4.69) is 36.5 Å². The molecule has 1 fully saturated rings. The topological polar surface area (TPSA) is 42.0 Å². The maximum absolute atomic E-state index is 12.3. The van der Waals surface area contributed by atoms with Crippen LogP contribution in [0.25, 0.3) is 0 Å². The van der Waals surface area contributed by atoms with Crippen molar-refractivity contribution in [2.75, 3.05) is 6.54 Å². The van der Waals surface area contributed by atoms with Crippen molar-refractivity contribution < 1.29 is 4.79 Å². The van der Waals surface area contributed by atoms with Gasteiger partial charge < -0.3 is 5.32 Å². The Balaban J connectivity index is 2.06. The second kappa shape index (κ2) is 4.74. The van der Waals surface area contributed by atoms with Gasteiger partial charge in [0, 0.05) is 10.8 Å². The lowest BCUT2D eigenvalue weighted by atomic mass is 9.92. The molecule has 1 unspecified atom stereocenters. The molecule has 100 valence electrons. The third-order valence-corrected chi connectivity index (χ3v) is 4.46. The first-order valence-electron chi connectivity index (χ1n) is 6.54. The number of nitrogens with zero attached hydrogens (tertiary/aromatic N) is 1. The van der Waals surface area contributed by atoms with E-state index in [0.717, 1.165) is 30.1 Å². The van der Waals surface area contributed by atoms with Crippen molar-refractivity contribution in [2.45, 2.75) is 57.9 Å². The summed E-state index contributed by atoms with van der Waals surface area (Å²) in [7, 11) is 0. The highest BCUT2D eigenvalue weighted by Crippen LogP contribution is 2.26. The molecule has 1 aliphatic rings. The van der Waals surface area contributed by atoms with Crippen LogP contribution in [0.2, 0.25) is 0 Å². The molecule has 1 atom stereocenters. The summed E-state index contributed by atoms with van der Waals surface area (Å²) in [6.07, 6.45) is 2.50. The Hall–Kier alpha value is -0.740. The quantitative estimate of drug-likeness (QED) is 0.914. The lowest BCUT2D eigenvalue weighted by Gasteiger charge is -2.21. The summed E-state index contributed by atoms with van der Waals surface area (Å²) in [6.45, 7) is 9.41. The molecule has 0 aromatic carbocycles. The van der Waals surface area contributed by atoms with Crippen LogP contribution in [0.15, 0.2) is 5.38 Å². The number of rotatable bonds is 3. The largest absolute Gasteiger partial charge is 0.305 e. The summed E-state index contributed by atoms with van der Waals surface area (Å²) in [5, 5.41) is 6.34. The molecule has 3 nitrogen and oxygen atoms in total. The second-order valence-electron chi connectivity index (χ2n) is 6.34. The van der Waals surface area contributed by atoms with Gasteiger partial charge in [-0.2, -0.15) is 0 Å². The summed E-state index contributed by atoms with van der Waals surface area (Å²) in [4.78, 5) is 16.9. The molecule has 4 heteroatoms. The lowest BCUT2D eigenvalue weighted by Crippen LogP contribution is -2.45. The van der Waals surface area contributed by atoms with Gasteiger partial charge in [0.05, 0.1) is 17.7 Å². The summed E-state index contributed by atoms with van der Waals surface area (Å²) < 4.78 is 0. The zero-order valence-corrected chi connectivity index (χ0v) is 12.5. The number of nitrogens with one attached hydrogen (secondary N) is 1. The number of Topliss-reactive ketones (excluding diaryl/α,β-unsaturated/α-hetero) is 1. The maximum atomic E-state index is 12.3. The normalized spacial score (nSPS) is 24.4. The van der Waals surface area contributed by atoms with Crippen molar-refractivity contribution in [3.63, 3.8) is 0 Å². The predicted octanol–water partition coefficient (Wildman–Crippen LogP) is 2.69. The molecule has 0 spiro atoms. The molecule has 2 heterocycles. The van der Waals surface area contributed by atoms with Crippen LogP contribution in [0.4, 0.5) is 0 Å². The molecule has 18 heavy (non-hydrogen) atoms. The molecule has 1 aromatic rings. The summed E-state index contributed by atoms with van der Waals surface area (Å²) >= 11 is 1.60. The first-order valence-corrected chi connectivity index (χ1v) is 7.42. The highest BCUT2D eigenvalue weighted by Gasteiger charge is 2.35. The Kier molecular flexibility index (Phi) is 3.60. The van der Waals surface area contributed by atoms with Crippen LogP contribution < -0.4 is 5.32 Å². The van der Waals surface area contributed by atoms with Crippen molar-refractivity contribution in [3.8, 4) is 0 Å². The van der Waals surface area contributed by atoms with E-state index in [1.807, 2.05) is 6.92 Å². The molecule has 0 saturated carbocycles. The molecule has 0 bridgehead atoms. The van der Waals surface area contributed by atoms with Crippen molar-refractivity contribution >= 4 is 17.1 Å². The van der Waals surface area contributed by atoms with E-state index in [0.29, 0.717) is 6.42 Å². The van der Waals surface area contributed by atoms with Gasteiger partial charge in [0.25, 0.3) is 0 Å². The number of hydrogen-bond donors (Lipinski definition) is 1. The van der Waals surface area contributed by atoms with Gasteiger partial charge >= 0.3 is 0 Å². The van der Waals surface area contributed by atoms with Crippen LogP contribution in [0.3, 0.4) is 0 Å². The van der Waals surface area contributed by atoms with Gasteiger partial charge in [-0.1, -0.05) is 20.8 Å². The Bertz CT molecular complexity index is 439. The molecule has 0 amide bonds. The molecule has 0 aliphatic carbocycles. The Morgan fingerprint density at radius 2 is 2.28 bits per heavy atom. The second-order valence-corrected chi connectivity index (χ2v) is 7.28. The first kappa shape index (κ1) is 13.7. The predicted molar refractivity (Wildman–Crippen MR) is 75.2 cm³/mol. The van der Waals surface area contributed by atoms with E-state index in [-0.39, 0.29) is 16.7 Å². The first-order chi connectivity index (χ1) is 8.31.